The molecular formula is C9H10N2OS2. The molecule has 0 saturated carbocycles. The molecule has 5 heteroatoms. The second kappa shape index (κ2) is 4.06. The van der Waals surface area contributed by atoms with Gasteiger partial charge < -0.3 is 10.2 Å². The predicted molar refractivity (Wildman–Crippen MR) is 59.5 cm³/mol. The van der Waals surface area contributed by atoms with Crippen molar-refractivity contribution in [1.29, 1.82) is 0 Å². The van der Waals surface area contributed by atoms with E-state index in [1.165, 1.54) is 21.1 Å². The lowest BCUT2D eigenvalue weighted by atomic mass is 10.5. The highest BCUT2D eigenvalue weighted by Gasteiger charge is 2.04. The summed E-state index contributed by atoms with van der Waals surface area (Å²) < 4.78 is 5.20. The fourth-order valence-corrected chi connectivity index (χ4v) is 2.73. The summed E-state index contributed by atoms with van der Waals surface area (Å²) in [5.74, 6) is 1.86. The summed E-state index contributed by atoms with van der Waals surface area (Å²) in [4.78, 5) is 6.36. The largest absolute Gasteiger partial charge is 0.468 e. The number of anilines is 1. The maximum atomic E-state index is 5.54. The van der Waals surface area contributed by atoms with Gasteiger partial charge in [-0.2, -0.15) is 0 Å². The van der Waals surface area contributed by atoms with Crippen molar-refractivity contribution in [1.82, 2.24) is 4.98 Å². The average Bonchev–Trinajstić information content (AvgIpc) is 2.72. The van der Waals surface area contributed by atoms with E-state index in [2.05, 4.69) is 4.98 Å². The number of thioether (sulfide) groups is 1. The Kier molecular flexibility index (Phi) is 2.79. The van der Waals surface area contributed by atoms with Gasteiger partial charge in [0.2, 0.25) is 0 Å². The molecule has 0 spiro atoms. The van der Waals surface area contributed by atoms with E-state index >= 15 is 0 Å². The molecule has 3 nitrogen and oxygen atoms in total. The molecule has 0 aliphatic carbocycles. The van der Waals surface area contributed by atoms with Crippen LogP contribution in [0.5, 0.6) is 0 Å². The normalized spacial score (nSPS) is 10.6. The molecule has 0 aromatic carbocycles. The average molecular weight is 226 g/mol. The van der Waals surface area contributed by atoms with Crippen LogP contribution in [0.2, 0.25) is 0 Å². The van der Waals surface area contributed by atoms with Crippen LogP contribution in [0, 0.1) is 6.92 Å². The molecule has 2 aromatic heterocycles. The van der Waals surface area contributed by atoms with Gasteiger partial charge in [-0.15, -0.1) is 23.1 Å². The van der Waals surface area contributed by atoms with Crippen LogP contribution in [0.3, 0.4) is 0 Å². The summed E-state index contributed by atoms with van der Waals surface area (Å²) in [7, 11) is 0. The zero-order valence-corrected chi connectivity index (χ0v) is 9.32. The van der Waals surface area contributed by atoms with Gasteiger partial charge in [-0.05, 0) is 13.0 Å². The molecule has 14 heavy (non-hydrogen) atoms. The lowest BCUT2D eigenvalue weighted by molar-refractivity contribution is 0.527. The molecule has 2 aromatic rings. The highest BCUT2D eigenvalue weighted by Crippen LogP contribution is 2.28. The van der Waals surface area contributed by atoms with Crippen molar-refractivity contribution in [3.63, 3.8) is 0 Å². The van der Waals surface area contributed by atoms with Gasteiger partial charge in [-0.1, -0.05) is 0 Å². The number of thiazole rings is 1. The molecule has 0 radical (unpaired) electrons. The Hall–Kier alpha value is -0.940. The van der Waals surface area contributed by atoms with E-state index < -0.39 is 0 Å². The number of furan rings is 1. The predicted octanol–water partition coefficient (Wildman–Crippen LogP) is 2.92. The third kappa shape index (κ3) is 2.10. The van der Waals surface area contributed by atoms with Crippen LogP contribution in [0.4, 0.5) is 5.13 Å². The van der Waals surface area contributed by atoms with Gasteiger partial charge in [0.25, 0.3) is 0 Å². The Morgan fingerprint density at radius 2 is 2.50 bits per heavy atom. The maximum absolute atomic E-state index is 5.54. The molecule has 0 bridgehead atoms. The summed E-state index contributed by atoms with van der Waals surface area (Å²) in [5, 5.41) is 0.629. The van der Waals surface area contributed by atoms with E-state index in [0.29, 0.717) is 5.13 Å². The summed E-state index contributed by atoms with van der Waals surface area (Å²) in [6.07, 6.45) is 3.53. The van der Waals surface area contributed by atoms with Crippen molar-refractivity contribution in [2.45, 2.75) is 17.6 Å². The van der Waals surface area contributed by atoms with Crippen molar-refractivity contribution in [3.8, 4) is 0 Å². The lowest BCUT2D eigenvalue weighted by Crippen LogP contribution is -1.77. The van der Waals surface area contributed by atoms with Crippen LogP contribution in [0.25, 0.3) is 0 Å². The van der Waals surface area contributed by atoms with Crippen molar-refractivity contribution >= 4 is 28.2 Å². The summed E-state index contributed by atoms with van der Waals surface area (Å²) in [6, 6.07) is 1.98. The molecule has 74 valence electrons. The van der Waals surface area contributed by atoms with Gasteiger partial charge >= 0.3 is 0 Å². The van der Waals surface area contributed by atoms with Crippen molar-refractivity contribution in [3.05, 3.63) is 29.2 Å². The minimum Gasteiger partial charge on any atom is -0.468 e. The summed E-state index contributed by atoms with van der Waals surface area (Å²) in [6.45, 7) is 1.96. The van der Waals surface area contributed by atoms with Crippen LogP contribution in [-0.2, 0) is 5.75 Å². The molecule has 2 rings (SSSR count). The Labute approximate surface area is 90.3 Å². The van der Waals surface area contributed by atoms with Gasteiger partial charge in [0.05, 0.1) is 6.26 Å². The number of nitrogens with zero attached hydrogens (tertiary/aromatic N) is 1. The minimum atomic E-state index is 0.629. The van der Waals surface area contributed by atoms with E-state index in [-0.39, 0.29) is 0 Å². The molecule has 2 heterocycles. The van der Waals surface area contributed by atoms with Gasteiger partial charge in [0.1, 0.15) is 5.76 Å². The van der Waals surface area contributed by atoms with Crippen LogP contribution >= 0.6 is 23.1 Å². The highest BCUT2D eigenvalue weighted by molar-refractivity contribution is 7.98. The van der Waals surface area contributed by atoms with E-state index in [0.717, 1.165) is 11.5 Å². The number of hydrogen-bond acceptors (Lipinski definition) is 5. The molecule has 0 aliphatic heterocycles. The first-order valence-corrected chi connectivity index (χ1v) is 5.93. The number of hydrogen-bond donors (Lipinski definition) is 1. The molecule has 0 saturated heterocycles. The zero-order chi connectivity index (χ0) is 9.97. The van der Waals surface area contributed by atoms with Gasteiger partial charge in [-0.3, -0.25) is 0 Å². The van der Waals surface area contributed by atoms with E-state index in [9.17, 15) is 0 Å². The summed E-state index contributed by atoms with van der Waals surface area (Å²) >= 11 is 3.27. The fourth-order valence-electron chi connectivity index (χ4n) is 1.06. The molecule has 0 aliphatic rings. The second-order valence-electron chi connectivity index (χ2n) is 2.79. The first-order valence-electron chi connectivity index (χ1n) is 4.13. The number of aromatic nitrogens is 1. The Morgan fingerprint density at radius 3 is 3.07 bits per heavy atom. The SMILES string of the molecule is Cc1occc1SCc1cnc(N)s1. The number of rotatable bonds is 3. The van der Waals surface area contributed by atoms with E-state index in [1.807, 2.05) is 19.2 Å². The Bertz CT molecular complexity index is 422. The number of aryl methyl sites for hydroxylation is 1. The van der Waals surface area contributed by atoms with Crippen molar-refractivity contribution in [2.75, 3.05) is 5.73 Å². The summed E-state index contributed by atoms with van der Waals surface area (Å²) in [5.41, 5.74) is 5.54. The van der Waals surface area contributed by atoms with Crippen LogP contribution in [0.1, 0.15) is 10.6 Å². The molecule has 0 fully saturated rings. The van der Waals surface area contributed by atoms with Gasteiger partial charge in [-0.25, -0.2) is 4.98 Å². The van der Waals surface area contributed by atoms with Crippen molar-refractivity contribution < 1.29 is 4.42 Å². The van der Waals surface area contributed by atoms with Crippen LogP contribution in [0.15, 0.2) is 27.8 Å². The lowest BCUT2D eigenvalue weighted by Gasteiger charge is -1.95. The smallest absolute Gasteiger partial charge is 0.180 e. The van der Waals surface area contributed by atoms with Crippen LogP contribution in [-0.4, -0.2) is 4.98 Å². The molecule has 2 N–H and O–H groups in total. The quantitative estimate of drug-likeness (QED) is 0.818. The first-order chi connectivity index (χ1) is 6.75. The topological polar surface area (TPSA) is 52.0 Å². The van der Waals surface area contributed by atoms with E-state index in [1.54, 1.807) is 18.0 Å². The van der Waals surface area contributed by atoms with Gasteiger partial charge in [0, 0.05) is 21.7 Å². The zero-order valence-electron chi connectivity index (χ0n) is 7.69. The van der Waals surface area contributed by atoms with Gasteiger partial charge in [0.15, 0.2) is 5.13 Å². The number of nitrogen functional groups attached to an aromatic ring is 1. The standard InChI is InChI=1S/C9H10N2OS2/c1-6-8(2-3-12-6)13-5-7-4-11-9(10)14-7/h2-4H,5H2,1H3,(H2,10,11). The minimum absolute atomic E-state index is 0.629. The first kappa shape index (κ1) is 9.61. The monoisotopic (exact) mass is 226 g/mol. The Morgan fingerprint density at radius 1 is 1.64 bits per heavy atom. The fraction of sp³-hybridized carbons (Fsp3) is 0.222. The molecule has 0 unspecified atom stereocenters. The van der Waals surface area contributed by atoms with Crippen molar-refractivity contribution in [2.24, 2.45) is 0 Å². The van der Waals surface area contributed by atoms with E-state index in [4.69, 9.17) is 10.2 Å². The third-order valence-electron chi connectivity index (χ3n) is 1.75. The highest BCUT2D eigenvalue weighted by atomic mass is 32.2. The second-order valence-corrected chi connectivity index (χ2v) is 4.96. The maximum Gasteiger partial charge on any atom is 0.180 e. The molecular weight excluding hydrogens is 216 g/mol. The molecule has 0 amide bonds. The number of nitrogens with two attached hydrogens (primary N) is 1. The Balaban J connectivity index is 1.98. The molecule has 0 atom stereocenters. The van der Waals surface area contributed by atoms with Crippen LogP contribution < -0.4 is 5.73 Å². The third-order valence-corrected chi connectivity index (χ3v) is 3.95.